The fourth-order valence-electron chi connectivity index (χ4n) is 0.862. The summed E-state index contributed by atoms with van der Waals surface area (Å²) in [6.45, 7) is 0.855. The van der Waals surface area contributed by atoms with E-state index in [9.17, 15) is 4.79 Å². The largest absolute Gasteiger partial charge is 0.408 e. The van der Waals surface area contributed by atoms with Crippen LogP contribution < -0.4 is 16.4 Å². The van der Waals surface area contributed by atoms with Gasteiger partial charge in [0.25, 0.3) is 0 Å². The van der Waals surface area contributed by atoms with Gasteiger partial charge in [0.2, 0.25) is 5.89 Å². The normalized spacial score (nSPS) is 9.93. The molecule has 8 heteroatoms. The van der Waals surface area contributed by atoms with Crippen molar-refractivity contribution in [1.29, 1.82) is 0 Å². The van der Waals surface area contributed by atoms with E-state index >= 15 is 0 Å². The van der Waals surface area contributed by atoms with Crippen molar-refractivity contribution in [1.82, 2.24) is 15.5 Å². The van der Waals surface area contributed by atoms with Crippen LogP contribution in [0.25, 0.3) is 0 Å². The van der Waals surface area contributed by atoms with Gasteiger partial charge in [-0.2, -0.15) is 0 Å². The molecule has 1 heterocycles. The number of hydrogen-bond donors (Lipinski definition) is 3. The monoisotopic (exact) mass is 233 g/mol. The van der Waals surface area contributed by atoms with Gasteiger partial charge in [-0.3, -0.25) is 0 Å². The highest BCUT2D eigenvalue weighted by Gasteiger charge is 2.03. The van der Waals surface area contributed by atoms with Gasteiger partial charge < -0.3 is 20.8 Å². The van der Waals surface area contributed by atoms with Crippen LogP contribution in [0.3, 0.4) is 0 Å². The Balaban J connectivity index is 2.22. The van der Waals surface area contributed by atoms with Crippen molar-refractivity contribution >= 4 is 23.6 Å². The number of nitrogens with two attached hydrogens (primary N) is 1. The van der Waals surface area contributed by atoms with Gasteiger partial charge in [0.1, 0.15) is 0 Å². The number of primary amides is 1. The molecule has 0 bridgehead atoms. The van der Waals surface area contributed by atoms with Gasteiger partial charge in [0.05, 0.1) is 0 Å². The molecule has 0 fully saturated rings. The third kappa shape index (κ3) is 4.50. The minimum atomic E-state index is -0.565. The molecule has 1 rings (SSSR count). The smallest absolute Gasteiger partial charge is 0.315 e. The van der Waals surface area contributed by atoms with Crippen LogP contribution in [-0.2, 0) is 6.42 Å². The van der Waals surface area contributed by atoms with E-state index in [1.54, 1.807) is 0 Å². The summed E-state index contributed by atoms with van der Waals surface area (Å²) >= 11 is 5.50. The van der Waals surface area contributed by atoms with E-state index in [4.69, 9.17) is 21.8 Å². The number of alkyl halides is 1. The predicted octanol–water partition coefficient (Wildman–Crippen LogP) is -0.0689. The van der Waals surface area contributed by atoms with Gasteiger partial charge in [0.15, 0.2) is 0 Å². The zero-order chi connectivity index (χ0) is 11.1. The second-order valence-corrected chi connectivity index (χ2v) is 3.04. The van der Waals surface area contributed by atoms with E-state index in [1.165, 1.54) is 0 Å². The van der Waals surface area contributed by atoms with Gasteiger partial charge in [-0.15, -0.1) is 16.7 Å². The molecule has 0 aromatic carbocycles. The molecule has 0 spiro atoms. The molecule has 0 aliphatic rings. The first-order valence-corrected chi connectivity index (χ1v) is 4.91. The number of aryl methyl sites for hydroxylation is 1. The number of carbonyl (C=O) groups excluding carboxylic acids is 1. The number of amides is 2. The molecule has 4 N–H and O–H groups in total. The van der Waals surface area contributed by atoms with Crippen LogP contribution >= 0.6 is 11.6 Å². The first-order valence-electron chi connectivity index (χ1n) is 4.38. The Bertz CT molecular complexity index is 316. The van der Waals surface area contributed by atoms with E-state index in [2.05, 4.69) is 20.8 Å². The molecule has 2 amide bonds. The molecule has 0 aliphatic carbocycles. The minimum absolute atomic E-state index is 0.307. The molecular formula is C7H12ClN5O2. The molecule has 15 heavy (non-hydrogen) atoms. The maximum Gasteiger partial charge on any atom is 0.315 e. The van der Waals surface area contributed by atoms with Gasteiger partial charge in [-0.1, -0.05) is 5.10 Å². The molecule has 0 unspecified atom stereocenters. The quantitative estimate of drug-likeness (QED) is 0.471. The SMILES string of the molecule is NC(=O)NCCNc1nnc(CCCl)o1. The Morgan fingerprint density at radius 1 is 1.47 bits per heavy atom. The Hall–Kier alpha value is -1.50. The van der Waals surface area contributed by atoms with Crippen molar-refractivity contribution in [3.8, 4) is 0 Å². The summed E-state index contributed by atoms with van der Waals surface area (Å²) in [6, 6.07) is -0.258. The number of urea groups is 1. The number of carbonyl (C=O) groups is 1. The van der Waals surface area contributed by atoms with Gasteiger partial charge in [-0.25, -0.2) is 4.79 Å². The Labute approximate surface area is 91.4 Å². The second-order valence-electron chi connectivity index (χ2n) is 2.66. The highest BCUT2D eigenvalue weighted by atomic mass is 35.5. The van der Waals surface area contributed by atoms with Crippen molar-refractivity contribution < 1.29 is 9.21 Å². The lowest BCUT2D eigenvalue weighted by Crippen LogP contribution is -2.33. The summed E-state index contributed by atoms with van der Waals surface area (Å²) < 4.78 is 5.17. The summed E-state index contributed by atoms with van der Waals surface area (Å²) in [6.07, 6.45) is 0.537. The van der Waals surface area contributed by atoms with Crippen LogP contribution in [-0.4, -0.2) is 35.2 Å². The van der Waals surface area contributed by atoms with E-state index in [-0.39, 0.29) is 0 Å². The van der Waals surface area contributed by atoms with Crippen LogP contribution in [0.5, 0.6) is 0 Å². The zero-order valence-corrected chi connectivity index (χ0v) is 8.75. The molecule has 0 aliphatic heterocycles. The number of anilines is 1. The molecule has 7 nitrogen and oxygen atoms in total. The third-order valence-corrected chi connectivity index (χ3v) is 1.66. The number of nitrogens with zero attached hydrogens (tertiary/aromatic N) is 2. The zero-order valence-electron chi connectivity index (χ0n) is 7.99. The third-order valence-electron chi connectivity index (χ3n) is 1.48. The van der Waals surface area contributed by atoms with E-state index in [1.807, 2.05) is 0 Å². The molecule has 0 atom stereocenters. The molecule has 84 valence electrons. The molecule has 0 saturated heterocycles. The lowest BCUT2D eigenvalue weighted by Gasteiger charge is -2.00. The maximum atomic E-state index is 10.3. The molecule has 0 radical (unpaired) electrons. The van der Waals surface area contributed by atoms with E-state index < -0.39 is 6.03 Å². The molecular weight excluding hydrogens is 222 g/mol. The van der Waals surface area contributed by atoms with Crippen molar-refractivity contribution in [3.63, 3.8) is 0 Å². The highest BCUT2D eigenvalue weighted by molar-refractivity contribution is 6.17. The van der Waals surface area contributed by atoms with Crippen LogP contribution in [0.1, 0.15) is 5.89 Å². The maximum absolute atomic E-state index is 10.3. The number of aromatic nitrogens is 2. The molecule has 0 saturated carbocycles. The summed E-state index contributed by atoms with van der Waals surface area (Å²) in [4.78, 5) is 10.3. The summed E-state index contributed by atoms with van der Waals surface area (Å²) in [5, 5.41) is 12.7. The summed E-state index contributed by atoms with van der Waals surface area (Å²) in [5.41, 5.74) is 4.87. The van der Waals surface area contributed by atoms with Crippen molar-refractivity contribution in [2.45, 2.75) is 6.42 Å². The highest BCUT2D eigenvalue weighted by Crippen LogP contribution is 2.05. The van der Waals surface area contributed by atoms with Crippen molar-refractivity contribution in [2.75, 3.05) is 24.3 Å². The lowest BCUT2D eigenvalue weighted by molar-refractivity contribution is 0.249. The van der Waals surface area contributed by atoms with Gasteiger partial charge in [0, 0.05) is 25.4 Å². The molecule has 1 aromatic heterocycles. The number of nitrogens with one attached hydrogen (secondary N) is 2. The Morgan fingerprint density at radius 2 is 2.27 bits per heavy atom. The first-order chi connectivity index (χ1) is 7.22. The Kier molecular flexibility index (Phi) is 4.69. The first kappa shape index (κ1) is 11.6. The fraction of sp³-hybridized carbons (Fsp3) is 0.571. The number of hydrogen-bond acceptors (Lipinski definition) is 5. The summed E-state index contributed by atoms with van der Waals surface area (Å²) in [7, 11) is 0. The van der Waals surface area contributed by atoms with Gasteiger partial charge in [-0.05, 0) is 0 Å². The number of rotatable bonds is 6. The van der Waals surface area contributed by atoms with Crippen LogP contribution in [0.15, 0.2) is 4.42 Å². The second kappa shape index (κ2) is 6.07. The lowest BCUT2D eigenvalue weighted by atomic mass is 10.5. The average molecular weight is 234 g/mol. The Morgan fingerprint density at radius 3 is 2.93 bits per heavy atom. The fourth-order valence-corrected chi connectivity index (χ4v) is 1.02. The van der Waals surface area contributed by atoms with Crippen molar-refractivity contribution in [3.05, 3.63) is 5.89 Å². The average Bonchev–Trinajstić information content (AvgIpc) is 2.61. The van der Waals surface area contributed by atoms with Crippen LogP contribution in [0, 0.1) is 0 Å². The predicted molar refractivity (Wildman–Crippen MR) is 54.8 cm³/mol. The van der Waals surface area contributed by atoms with Crippen molar-refractivity contribution in [2.24, 2.45) is 5.73 Å². The van der Waals surface area contributed by atoms with Crippen LogP contribution in [0.2, 0.25) is 0 Å². The topological polar surface area (TPSA) is 106 Å². The standard InChI is InChI=1S/C7H12ClN5O2/c8-2-1-5-12-13-7(15-5)11-4-3-10-6(9)14/h1-4H2,(H,11,13)(H3,9,10,14). The van der Waals surface area contributed by atoms with Gasteiger partial charge >= 0.3 is 12.0 Å². The van der Waals surface area contributed by atoms with E-state index in [0.717, 1.165) is 0 Å². The number of halogens is 1. The van der Waals surface area contributed by atoms with Crippen LogP contribution in [0.4, 0.5) is 10.8 Å². The summed E-state index contributed by atoms with van der Waals surface area (Å²) in [5.74, 6) is 0.917. The van der Waals surface area contributed by atoms with E-state index in [0.29, 0.717) is 37.3 Å². The molecule has 1 aromatic rings. The minimum Gasteiger partial charge on any atom is -0.408 e.